The highest BCUT2D eigenvalue weighted by molar-refractivity contribution is 6.51. The summed E-state index contributed by atoms with van der Waals surface area (Å²) in [6, 6.07) is 7.21. The molecule has 0 amide bonds. The van der Waals surface area contributed by atoms with E-state index in [2.05, 4.69) is 0 Å². The van der Waals surface area contributed by atoms with Crippen LogP contribution in [0, 0.1) is 0 Å². The largest absolute Gasteiger partial charge is 0.497 e. The van der Waals surface area contributed by atoms with Crippen LogP contribution in [0.5, 0.6) is 5.75 Å². The van der Waals surface area contributed by atoms with Crippen LogP contribution in [-0.4, -0.2) is 12.5 Å². The molecule has 0 saturated carbocycles. The van der Waals surface area contributed by atoms with Crippen molar-refractivity contribution in [1.82, 2.24) is 0 Å². The third-order valence-electron chi connectivity index (χ3n) is 1.97. The van der Waals surface area contributed by atoms with Gasteiger partial charge in [0.2, 0.25) is 0 Å². The van der Waals surface area contributed by atoms with E-state index in [1.54, 1.807) is 38.3 Å². The molecule has 1 rings (SSSR count). The smallest absolute Gasteiger partial charge is 0.159 e. The number of methoxy groups -OCH3 is 1. The first-order valence-corrected chi connectivity index (χ1v) is 5.34. The number of alkyl halides is 3. The predicted molar refractivity (Wildman–Crippen MR) is 61.7 cm³/mol. The molecule has 0 radical (unpaired) electrons. The fraction of sp³-hybridized carbons (Fsp3) is 0.400. The standard InChI is InChI=1S/C10H11Cl3O/c1-7(11)10(12,13)8-3-5-9(14-2)6-4-8/h3-7H,1-2H3. The van der Waals surface area contributed by atoms with Gasteiger partial charge in [0.25, 0.3) is 0 Å². The van der Waals surface area contributed by atoms with Crippen LogP contribution >= 0.6 is 34.8 Å². The second-order valence-electron chi connectivity index (χ2n) is 2.97. The van der Waals surface area contributed by atoms with E-state index in [0.29, 0.717) is 0 Å². The lowest BCUT2D eigenvalue weighted by atomic mass is 10.1. The zero-order valence-corrected chi connectivity index (χ0v) is 10.2. The molecule has 4 heteroatoms. The molecule has 0 aromatic heterocycles. The molecule has 1 unspecified atom stereocenters. The van der Waals surface area contributed by atoms with Crippen molar-refractivity contribution in [3.05, 3.63) is 29.8 Å². The number of ether oxygens (including phenoxy) is 1. The molecule has 0 aliphatic heterocycles. The van der Waals surface area contributed by atoms with E-state index >= 15 is 0 Å². The van der Waals surface area contributed by atoms with Gasteiger partial charge in [-0.25, -0.2) is 0 Å². The van der Waals surface area contributed by atoms with E-state index in [-0.39, 0.29) is 5.38 Å². The fourth-order valence-corrected chi connectivity index (χ4v) is 1.42. The van der Waals surface area contributed by atoms with Crippen molar-refractivity contribution < 1.29 is 4.74 Å². The topological polar surface area (TPSA) is 9.23 Å². The van der Waals surface area contributed by atoms with E-state index in [4.69, 9.17) is 39.5 Å². The van der Waals surface area contributed by atoms with Crippen LogP contribution in [-0.2, 0) is 4.33 Å². The zero-order valence-electron chi connectivity index (χ0n) is 7.93. The monoisotopic (exact) mass is 252 g/mol. The number of halogens is 3. The lowest BCUT2D eigenvalue weighted by Gasteiger charge is -2.22. The van der Waals surface area contributed by atoms with Crippen molar-refractivity contribution in [2.24, 2.45) is 0 Å². The minimum atomic E-state index is -1.06. The van der Waals surface area contributed by atoms with Crippen molar-refractivity contribution in [1.29, 1.82) is 0 Å². The fourth-order valence-electron chi connectivity index (χ4n) is 1.04. The average Bonchev–Trinajstić information content (AvgIpc) is 2.17. The lowest BCUT2D eigenvalue weighted by Crippen LogP contribution is -2.20. The van der Waals surface area contributed by atoms with Crippen LogP contribution in [0.3, 0.4) is 0 Å². The first-order valence-electron chi connectivity index (χ1n) is 4.15. The van der Waals surface area contributed by atoms with Crippen molar-refractivity contribution in [3.63, 3.8) is 0 Å². The summed E-state index contributed by atoms with van der Waals surface area (Å²) in [6.07, 6.45) is 0. The zero-order chi connectivity index (χ0) is 10.8. The summed E-state index contributed by atoms with van der Waals surface area (Å²) in [5, 5.41) is -0.362. The summed E-state index contributed by atoms with van der Waals surface area (Å²) < 4.78 is 3.96. The van der Waals surface area contributed by atoms with Gasteiger partial charge in [0, 0.05) is 0 Å². The van der Waals surface area contributed by atoms with Gasteiger partial charge in [-0.15, -0.1) is 11.6 Å². The molecule has 0 aliphatic carbocycles. The highest BCUT2D eigenvalue weighted by Gasteiger charge is 2.32. The Kier molecular flexibility index (Phi) is 3.94. The molecule has 0 aliphatic rings. The van der Waals surface area contributed by atoms with Crippen LogP contribution in [0.25, 0.3) is 0 Å². The minimum absolute atomic E-state index is 0.362. The summed E-state index contributed by atoms with van der Waals surface area (Å²) in [6.45, 7) is 1.76. The molecule has 0 N–H and O–H groups in total. The van der Waals surface area contributed by atoms with Gasteiger partial charge in [-0.2, -0.15) is 0 Å². The SMILES string of the molecule is COc1ccc(C(Cl)(Cl)C(C)Cl)cc1. The van der Waals surface area contributed by atoms with E-state index in [0.717, 1.165) is 11.3 Å². The quantitative estimate of drug-likeness (QED) is 0.741. The molecule has 0 saturated heterocycles. The van der Waals surface area contributed by atoms with Gasteiger partial charge in [0.1, 0.15) is 5.75 Å². The molecule has 1 atom stereocenters. The third kappa shape index (κ3) is 2.47. The highest BCUT2D eigenvalue weighted by atomic mass is 35.5. The second kappa shape index (κ2) is 4.61. The molecule has 14 heavy (non-hydrogen) atoms. The molecular weight excluding hydrogens is 242 g/mol. The second-order valence-corrected chi connectivity index (χ2v) is 5.01. The highest BCUT2D eigenvalue weighted by Crippen LogP contribution is 2.40. The number of rotatable bonds is 3. The molecule has 0 bridgehead atoms. The normalized spacial score (nSPS) is 13.8. The average molecular weight is 254 g/mol. The van der Waals surface area contributed by atoms with Crippen LogP contribution in [0.4, 0.5) is 0 Å². The molecule has 0 spiro atoms. The van der Waals surface area contributed by atoms with Crippen molar-refractivity contribution in [2.75, 3.05) is 7.11 Å². The molecule has 1 nitrogen and oxygen atoms in total. The van der Waals surface area contributed by atoms with Crippen LogP contribution in [0.15, 0.2) is 24.3 Å². The van der Waals surface area contributed by atoms with Gasteiger partial charge in [-0.3, -0.25) is 0 Å². The van der Waals surface area contributed by atoms with Gasteiger partial charge in [0.05, 0.1) is 12.5 Å². The Labute approximate surface area is 98.9 Å². The lowest BCUT2D eigenvalue weighted by molar-refractivity contribution is 0.414. The first-order chi connectivity index (χ1) is 6.48. The van der Waals surface area contributed by atoms with E-state index < -0.39 is 4.33 Å². The Morgan fingerprint density at radius 3 is 2.07 bits per heavy atom. The number of hydrogen-bond donors (Lipinski definition) is 0. The Balaban J connectivity index is 2.97. The van der Waals surface area contributed by atoms with Gasteiger partial charge in [-0.1, -0.05) is 35.3 Å². The van der Waals surface area contributed by atoms with Gasteiger partial charge in [0.15, 0.2) is 4.33 Å². The summed E-state index contributed by atoms with van der Waals surface area (Å²) in [5.74, 6) is 0.764. The van der Waals surface area contributed by atoms with Crippen molar-refractivity contribution in [2.45, 2.75) is 16.6 Å². The molecule has 1 aromatic carbocycles. The van der Waals surface area contributed by atoms with Crippen LogP contribution < -0.4 is 4.74 Å². The molecule has 1 aromatic rings. The Hall–Kier alpha value is -0.110. The molecule has 0 fully saturated rings. The summed E-state index contributed by atoms with van der Waals surface area (Å²) in [7, 11) is 1.60. The third-order valence-corrected chi connectivity index (χ3v) is 3.62. The number of benzene rings is 1. The predicted octanol–water partition coefficient (Wildman–Crippen LogP) is 3.95. The Morgan fingerprint density at radius 2 is 1.71 bits per heavy atom. The van der Waals surface area contributed by atoms with E-state index in [1.165, 1.54) is 0 Å². The maximum atomic E-state index is 6.08. The van der Waals surface area contributed by atoms with Crippen LogP contribution in [0.1, 0.15) is 12.5 Å². The summed E-state index contributed by atoms with van der Waals surface area (Å²) in [5.41, 5.74) is 0.768. The maximum Gasteiger partial charge on any atom is 0.159 e. The summed E-state index contributed by atoms with van der Waals surface area (Å²) in [4.78, 5) is 0. The van der Waals surface area contributed by atoms with E-state index in [1.807, 2.05) is 0 Å². The van der Waals surface area contributed by atoms with Gasteiger partial charge < -0.3 is 4.74 Å². The molecular formula is C10H11Cl3O. The maximum absolute atomic E-state index is 6.08. The van der Waals surface area contributed by atoms with E-state index in [9.17, 15) is 0 Å². The molecule has 0 heterocycles. The van der Waals surface area contributed by atoms with Crippen molar-refractivity contribution >= 4 is 34.8 Å². The van der Waals surface area contributed by atoms with Crippen molar-refractivity contribution in [3.8, 4) is 5.75 Å². The number of hydrogen-bond acceptors (Lipinski definition) is 1. The Morgan fingerprint density at radius 1 is 1.21 bits per heavy atom. The molecule has 78 valence electrons. The van der Waals surface area contributed by atoms with Gasteiger partial charge >= 0.3 is 0 Å². The van der Waals surface area contributed by atoms with Gasteiger partial charge in [-0.05, 0) is 24.6 Å². The first kappa shape index (κ1) is 12.0. The minimum Gasteiger partial charge on any atom is -0.497 e. The Bertz CT molecular complexity index is 293. The van der Waals surface area contributed by atoms with Crippen LogP contribution in [0.2, 0.25) is 0 Å². The summed E-state index contributed by atoms with van der Waals surface area (Å²) >= 11 is 18.1.